The maximum Gasteiger partial charge on any atom is 0.320 e. The van der Waals surface area contributed by atoms with Crippen molar-refractivity contribution in [3.63, 3.8) is 0 Å². The minimum atomic E-state index is -0.792. The topological polar surface area (TPSA) is 94.0 Å². The number of hydrogen-bond acceptors (Lipinski definition) is 3. The molecular weight excluding hydrogens is 316 g/mol. The number of rotatable bonds is 6. The molecule has 0 radical (unpaired) electrons. The first-order valence-electron chi connectivity index (χ1n) is 8.95. The number of anilines is 1. The van der Waals surface area contributed by atoms with Crippen LogP contribution in [0.4, 0.5) is 10.5 Å². The summed E-state index contributed by atoms with van der Waals surface area (Å²) in [5.74, 6) is 0.555. The molecule has 3 rings (SSSR count). The molecule has 1 aromatic rings. The highest BCUT2D eigenvalue weighted by molar-refractivity contribution is 5.96. The fourth-order valence-corrected chi connectivity index (χ4v) is 3.29. The lowest BCUT2D eigenvalue weighted by Crippen LogP contribution is -2.58. The molecule has 3 amide bonds. The molecule has 0 aliphatic heterocycles. The molecule has 2 saturated carbocycles. The number of hydrogen-bond donors (Lipinski definition) is 3. The molecule has 6 nitrogen and oxygen atoms in total. The second-order valence-electron chi connectivity index (χ2n) is 7.05. The standard InChI is InChI=1S/C19H24N4O2/c20-12-9-14-5-7-16(8-6-14)22-18(25)23-19(10-1-2-11-19)17(24)21-13-15-3-4-15/h5-8,15H,1-4,9-11,13H2,(H,21,24)(H2,22,23,25). The van der Waals surface area contributed by atoms with E-state index in [0.717, 1.165) is 18.4 Å². The highest BCUT2D eigenvalue weighted by Gasteiger charge is 2.42. The third-order valence-electron chi connectivity index (χ3n) is 4.99. The SMILES string of the molecule is N#CCc1ccc(NC(=O)NC2(C(=O)NCC3CC3)CCCC2)cc1. The first kappa shape index (κ1) is 17.3. The lowest BCUT2D eigenvalue weighted by atomic mass is 9.96. The zero-order valence-corrected chi connectivity index (χ0v) is 14.3. The maximum atomic E-state index is 12.6. The van der Waals surface area contributed by atoms with Gasteiger partial charge in [-0.3, -0.25) is 4.79 Å². The molecule has 2 fully saturated rings. The number of nitriles is 1. The van der Waals surface area contributed by atoms with Gasteiger partial charge in [0.1, 0.15) is 5.54 Å². The van der Waals surface area contributed by atoms with Gasteiger partial charge >= 0.3 is 6.03 Å². The van der Waals surface area contributed by atoms with Crippen molar-refractivity contribution >= 4 is 17.6 Å². The maximum absolute atomic E-state index is 12.6. The molecule has 0 aromatic heterocycles. The van der Waals surface area contributed by atoms with Crippen molar-refractivity contribution in [2.75, 3.05) is 11.9 Å². The molecule has 0 saturated heterocycles. The van der Waals surface area contributed by atoms with E-state index >= 15 is 0 Å². The van der Waals surface area contributed by atoms with Gasteiger partial charge in [0.2, 0.25) is 5.91 Å². The molecule has 0 heterocycles. The Bertz CT molecular complexity index is 668. The predicted molar refractivity (Wildman–Crippen MR) is 94.8 cm³/mol. The van der Waals surface area contributed by atoms with Crippen molar-refractivity contribution < 1.29 is 9.59 Å². The summed E-state index contributed by atoms with van der Waals surface area (Å²) in [6.07, 6.45) is 5.96. The Hall–Kier alpha value is -2.55. The Morgan fingerprint density at radius 3 is 2.44 bits per heavy atom. The summed E-state index contributed by atoms with van der Waals surface area (Å²) >= 11 is 0. The Kier molecular flexibility index (Phi) is 5.22. The van der Waals surface area contributed by atoms with Crippen molar-refractivity contribution in [1.82, 2.24) is 10.6 Å². The molecule has 3 N–H and O–H groups in total. The second-order valence-corrected chi connectivity index (χ2v) is 7.05. The third-order valence-corrected chi connectivity index (χ3v) is 4.99. The fourth-order valence-electron chi connectivity index (χ4n) is 3.29. The van der Waals surface area contributed by atoms with E-state index in [0.29, 0.717) is 37.4 Å². The Morgan fingerprint density at radius 1 is 1.16 bits per heavy atom. The van der Waals surface area contributed by atoms with Gasteiger partial charge in [0.05, 0.1) is 12.5 Å². The number of urea groups is 1. The summed E-state index contributed by atoms with van der Waals surface area (Å²) in [4.78, 5) is 25.0. The third kappa shape index (κ3) is 4.50. The zero-order chi connectivity index (χ0) is 17.7. The van der Waals surface area contributed by atoms with E-state index in [9.17, 15) is 9.59 Å². The first-order chi connectivity index (χ1) is 12.1. The average Bonchev–Trinajstić information content (AvgIpc) is 3.32. The summed E-state index contributed by atoms with van der Waals surface area (Å²) in [5.41, 5.74) is 0.755. The van der Waals surface area contributed by atoms with E-state index in [1.54, 1.807) is 12.1 Å². The Labute approximate surface area is 148 Å². The van der Waals surface area contributed by atoms with Crippen LogP contribution < -0.4 is 16.0 Å². The van der Waals surface area contributed by atoms with Crippen molar-refractivity contribution in [2.45, 2.75) is 50.5 Å². The molecule has 1 aromatic carbocycles. The highest BCUT2D eigenvalue weighted by atomic mass is 16.2. The smallest absolute Gasteiger partial charge is 0.320 e. The molecule has 2 aliphatic carbocycles. The monoisotopic (exact) mass is 340 g/mol. The van der Waals surface area contributed by atoms with Crippen LogP contribution in [-0.4, -0.2) is 24.0 Å². The molecule has 0 unspecified atom stereocenters. The molecule has 25 heavy (non-hydrogen) atoms. The number of carbonyl (C=O) groups is 2. The van der Waals surface area contributed by atoms with Crippen molar-refractivity contribution in [3.8, 4) is 6.07 Å². The van der Waals surface area contributed by atoms with Crippen LogP contribution in [0.3, 0.4) is 0 Å². The van der Waals surface area contributed by atoms with Gasteiger partial charge in [-0.25, -0.2) is 4.79 Å². The largest absolute Gasteiger partial charge is 0.354 e. The number of amides is 3. The lowest BCUT2D eigenvalue weighted by Gasteiger charge is -2.29. The minimum absolute atomic E-state index is 0.0589. The van der Waals surface area contributed by atoms with Crippen LogP contribution >= 0.6 is 0 Å². The fraction of sp³-hybridized carbons (Fsp3) is 0.526. The van der Waals surface area contributed by atoms with Crippen LogP contribution in [-0.2, 0) is 11.2 Å². The van der Waals surface area contributed by atoms with Crippen LogP contribution in [0.25, 0.3) is 0 Å². The van der Waals surface area contributed by atoms with Crippen LogP contribution in [0.15, 0.2) is 24.3 Å². The van der Waals surface area contributed by atoms with Gasteiger partial charge in [-0.05, 0) is 49.3 Å². The highest BCUT2D eigenvalue weighted by Crippen LogP contribution is 2.31. The Morgan fingerprint density at radius 2 is 1.84 bits per heavy atom. The van der Waals surface area contributed by atoms with Gasteiger partial charge in [0.25, 0.3) is 0 Å². The molecule has 6 heteroatoms. The molecule has 0 bridgehead atoms. The Balaban J connectivity index is 1.58. The van der Waals surface area contributed by atoms with Gasteiger partial charge in [-0.2, -0.15) is 5.26 Å². The molecule has 0 spiro atoms. The van der Waals surface area contributed by atoms with Gasteiger partial charge in [0, 0.05) is 12.2 Å². The van der Waals surface area contributed by atoms with Crippen LogP contribution in [0, 0.1) is 17.2 Å². The van der Waals surface area contributed by atoms with E-state index in [1.165, 1.54) is 12.8 Å². The number of benzene rings is 1. The van der Waals surface area contributed by atoms with Crippen LogP contribution in [0.5, 0.6) is 0 Å². The van der Waals surface area contributed by atoms with Crippen molar-refractivity contribution in [1.29, 1.82) is 5.26 Å². The minimum Gasteiger partial charge on any atom is -0.354 e. The van der Waals surface area contributed by atoms with Crippen LogP contribution in [0.2, 0.25) is 0 Å². The van der Waals surface area contributed by atoms with Gasteiger partial charge < -0.3 is 16.0 Å². The summed E-state index contributed by atoms with van der Waals surface area (Å²) in [6.45, 7) is 0.713. The number of nitrogens with zero attached hydrogens (tertiary/aromatic N) is 1. The molecule has 132 valence electrons. The van der Waals surface area contributed by atoms with E-state index < -0.39 is 5.54 Å². The first-order valence-corrected chi connectivity index (χ1v) is 8.95. The van der Waals surface area contributed by atoms with Gasteiger partial charge in [0.15, 0.2) is 0 Å². The summed E-state index contributed by atoms with van der Waals surface area (Å²) in [5, 5.41) is 17.4. The van der Waals surface area contributed by atoms with Crippen LogP contribution in [0.1, 0.15) is 44.1 Å². The quantitative estimate of drug-likeness (QED) is 0.743. The summed E-state index contributed by atoms with van der Waals surface area (Å²) in [6, 6.07) is 8.88. The lowest BCUT2D eigenvalue weighted by molar-refractivity contribution is -0.127. The normalized spacial score (nSPS) is 18.2. The summed E-state index contributed by atoms with van der Waals surface area (Å²) in [7, 11) is 0. The molecule has 0 atom stereocenters. The summed E-state index contributed by atoms with van der Waals surface area (Å²) < 4.78 is 0. The van der Waals surface area contributed by atoms with Gasteiger partial charge in [-0.15, -0.1) is 0 Å². The number of carbonyl (C=O) groups excluding carboxylic acids is 2. The predicted octanol–water partition coefficient (Wildman–Crippen LogP) is 2.71. The van der Waals surface area contributed by atoms with Crippen molar-refractivity contribution in [3.05, 3.63) is 29.8 Å². The zero-order valence-electron chi connectivity index (χ0n) is 14.3. The van der Waals surface area contributed by atoms with Gasteiger partial charge in [-0.1, -0.05) is 25.0 Å². The second kappa shape index (κ2) is 7.56. The average molecular weight is 340 g/mol. The molecule has 2 aliphatic rings. The van der Waals surface area contributed by atoms with E-state index in [-0.39, 0.29) is 11.9 Å². The van der Waals surface area contributed by atoms with E-state index in [2.05, 4.69) is 22.0 Å². The number of nitrogens with one attached hydrogen (secondary N) is 3. The van der Waals surface area contributed by atoms with E-state index in [1.807, 2.05) is 12.1 Å². The van der Waals surface area contributed by atoms with E-state index in [4.69, 9.17) is 5.26 Å². The van der Waals surface area contributed by atoms with Crippen molar-refractivity contribution in [2.24, 2.45) is 5.92 Å². The molecular formula is C19H24N4O2.